The van der Waals surface area contributed by atoms with E-state index in [9.17, 15) is 5.11 Å². The van der Waals surface area contributed by atoms with Gasteiger partial charge in [0, 0.05) is 31.1 Å². The summed E-state index contributed by atoms with van der Waals surface area (Å²) in [4.78, 5) is 2.23. The van der Waals surface area contributed by atoms with Gasteiger partial charge in [0.05, 0.1) is 5.69 Å². The Morgan fingerprint density at radius 1 is 1.03 bits per heavy atom. The topological polar surface area (TPSA) is 49.5 Å². The van der Waals surface area contributed by atoms with E-state index in [1.165, 1.54) is 22.3 Å². The summed E-state index contributed by atoms with van der Waals surface area (Å²) < 4.78 is 0. The second-order valence-electron chi connectivity index (χ2n) is 9.50. The number of likely N-dealkylation sites (N-methyl/N-ethyl adjacent to an activating group) is 1. The molecule has 0 saturated heterocycles. The van der Waals surface area contributed by atoms with Crippen LogP contribution >= 0.6 is 0 Å². The number of benzene rings is 3. The first kappa shape index (κ1) is 25.6. The van der Waals surface area contributed by atoms with Gasteiger partial charge in [-0.15, -0.1) is 0 Å². The summed E-state index contributed by atoms with van der Waals surface area (Å²) in [6.45, 7) is 15.3. The summed E-state index contributed by atoms with van der Waals surface area (Å²) in [5.41, 5.74) is 16.2. The zero-order chi connectivity index (χ0) is 25.0. The van der Waals surface area contributed by atoms with Crippen molar-refractivity contribution in [2.45, 2.75) is 59.4 Å². The van der Waals surface area contributed by atoms with Crippen LogP contribution in [0.4, 0.5) is 5.69 Å². The predicted molar refractivity (Wildman–Crippen MR) is 148 cm³/mol. The second kappa shape index (κ2) is 10.9. The molecule has 2 atom stereocenters. The molecule has 3 aromatic carbocycles. The molecule has 3 nitrogen and oxygen atoms in total. The smallest absolute Gasteiger partial charge is 0.147 e. The zero-order valence-electron chi connectivity index (χ0n) is 21.7. The molecule has 3 N–H and O–H groups in total. The largest absolute Gasteiger partial charge is 0.505 e. The van der Waals surface area contributed by atoms with E-state index in [1.54, 1.807) is 0 Å². The summed E-state index contributed by atoms with van der Waals surface area (Å²) in [7, 11) is 2.08. The Labute approximate surface area is 205 Å². The van der Waals surface area contributed by atoms with Gasteiger partial charge in [-0.3, -0.25) is 0 Å². The SMILES string of the molecule is C=Cc1ccccc1-c1c(C)cc(CCC)c(N(C)C(C)C(CN)c2ccc(C)c(C)c2)c1O. The van der Waals surface area contributed by atoms with Crippen LogP contribution in [-0.2, 0) is 6.42 Å². The van der Waals surface area contributed by atoms with Crippen molar-refractivity contribution in [2.75, 3.05) is 18.5 Å². The van der Waals surface area contributed by atoms with Crippen molar-refractivity contribution in [3.05, 3.63) is 88.5 Å². The number of rotatable bonds is 9. The summed E-state index contributed by atoms with van der Waals surface area (Å²) in [5.74, 6) is 0.478. The summed E-state index contributed by atoms with van der Waals surface area (Å²) in [5, 5.41) is 11.8. The molecule has 180 valence electrons. The molecule has 0 fully saturated rings. The van der Waals surface area contributed by atoms with E-state index in [2.05, 4.69) is 83.5 Å². The molecule has 0 aliphatic carbocycles. The van der Waals surface area contributed by atoms with E-state index in [0.29, 0.717) is 12.3 Å². The highest BCUT2D eigenvalue weighted by Crippen LogP contribution is 2.45. The van der Waals surface area contributed by atoms with Crippen LogP contribution in [0.2, 0.25) is 0 Å². The maximum Gasteiger partial charge on any atom is 0.147 e. The van der Waals surface area contributed by atoms with Crippen LogP contribution in [-0.4, -0.2) is 24.7 Å². The minimum atomic E-state index is 0.0961. The lowest BCUT2D eigenvalue weighted by atomic mass is 9.87. The number of phenolic OH excluding ortho intramolecular Hbond substituents is 1. The van der Waals surface area contributed by atoms with Crippen molar-refractivity contribution < 1.29 is 5.11 Å². The maximum absolute atomic E-state index is 11.8. The Bertz CT molecular complexity index is 1160. The van der Waals surface area contributed by atoms with Gasteiger partial charge in [0.2, 0.25) is 0 Å². The Morgan fingerprint density at radius 3 is 2.35 bits per heavy atom. The fourth-order valence-electron chi connectivity index (χ4n) is 5.04. The predicted octanol–water partition coefficient (Wildman–Crippen LogP) is 7.15. The number of hydrogen-bond donors (Lipinski definition) is 2. The molecule has 0 aliphatic rings. The van der Waals surface area contributed by atoms with Crippen LogP contribution < -0.4 is 10.6 Å². The molecule has 0 spiro atoms. The number of nitrogens with two attached hydrogens (primary N) is 1. The van der Waals surface area contributed by atoms with E-state index in [1.807, 2.05) is 24.3 Å². The lowest BCUT2D eigenvalue weighted by Gasteiger charge is -2.36. The van der Waals surface area contributed by atoms with Crippen LogP contribution in [0.25, 0.3) is 17.2 Å². The summed E-state index contributed by atoms with van der Waals surface area (Å²) in [6, 6.07) is 17.1. The highest BCUT2D eigenvalue weighted by molar-refractivity contribution is 5.87. The van der Waals surface area contributed by atoms with Crippen LogP contribution in [0.5, 0.6) is 5.75 Å². The van der Waals surface area contributed by atoms with Gasteiger partial charge in [0.15, 0.2) is 0 Å². The monoisotopic (exact) mass is 456 g/mol. The van der Waals surface area contributed by atoms with Crippen LogP contribution in [0.15, 0.2) is 55.1 Å². The highest BCUT2D eigenvalue weighted by atomic mass is 16.3. The van der Waals surface area contributed by atoms with Crippen LogP contribution in [0, 0.1) is 20.8 Å². The molecule has 3 heteroatoms. The number of aryl methyl sites for hydroxylation is 4. The van der Waals surface area contributed by atoms with E-state index in [4.69, 9.17) is 5.73 Å². The van der Waals surface area contributed by atoms with Crippen molar-refractivity contribution in [3.63, 3.8) is 0 Å². The number of phenols is 1. The Hall–Kier alpha value is -3.04. The third kappa shape index (κ3) is 4.90. The fourth-order valence-corrected chi connectivity index (χ4v) is 5.04. The van der Waals surface area contributed by atoms with Crippen LogP contribution in [0.1, 0.15) is 59.6 Å². The number of anilines is 1. The maximum atomic E-state index is 11.8. The highest BCUT2D eigenvalue weighted by Gasteiger charge is 2.28. The van der Waals surface area contributed by atoms with Gasteiger partial charge in [-0.05, 0) is 73.1 Å². The van der Waals surface area contributed by atoms with E-state index < -0.39 is 0 Å². The van der Waals surface area contributed by atoms with Crippen molar-refractivity contribution in [3.8, 4) is 16.9 Å². The minimum absolute atomic E-state index is 0.0961. The van der Waals surface area contributed by atoms with Gasteiger partial charge < -0.3 is 15.7 Å². The molecule has 0 amide bonds. The molecule has 0 aliphatic heterocycles. The van der Waals surface area contributed by atoms with E-state index in [0.717, 1.165) is 40.8 Å². The molecule has 3 aromatic rings. The van der Waals surface area contributed by atoms with E-state index in [-0.39, 0.29) is 12.0 Å². The van der Waals surface area contributed by atoms with E-state index >= 15 is 0 Å². The van der Waals surface area contributed by atoms with Gasteiger partial charge in [-0.2, -0.15) is 0 Å². The first-order valence-electron chi connectivity index (χ1n) is 12.3. The Balaban J connectivity index is 2.16. The number of nitrogens with zero attached hydrogens (tertiary/aromatic N) is 1. The molecule has 0 saturated carbocycles. The molecular formula is C31H40N2O. The standard InChI is InChI=1S/C31H40N2O/c1-8-12-26-18-22(5)29(27-14-11-10-13-24(27)9-2)31(34)30(26)33(7)23(6)28(19-32)25-16-15-20(3)21(4)17-25/h9-11,13-18,23,28,34H,2,8,12,19,32H2,1,3-7H3. The molecule has 0 radical (unpaired) electrons. The summed E-state index contributed by atoms with van der Waals surface area (Å²) >= 11 is 0. The molecule has 34 heavy (non-hydrogen) atoms. The van der Waals surface area contributed by atoms with Gasteiger partial charge in [0.1, 0.15) is 5.75 Å². The second-order valence-corrected chi connectivity index (χ2v) is 9.50. The molecule has 3 rings (SSSR count). The average molecular weight is 457 g/mol. The lowest BCUT2D eigenvalue weighted by Crippen LogP contribution is -2.38. The molecule has 0 bridgehead atoms. The molecule has 0 heterocycles. The summed E-state index contributed by atoms with van der Waals surface area (Å²) in [6.07, 6.45) is 3.76. The van der Waals surface area contributed by atoms with Crippen LogP contribution in [0.3, 0.4) is 0 Å². The van der Waals surface area contributed by atoms with Gasteiger partial charge in [-0.1, -0.05) is 74.5 Å². The quantitative estimate of drug-likeness (QED) is 0.359. The van der Waals surface area contributed by atoms with Gasteiger partial charge in [-0.25, -0.2) is 0 Å². The third-order valence-electron chi connectivity index (χ3n) is 7.28. The number of hydrogen-bond acceptors (Lipinski definition) is 3. The van der Waals surface area contributed by atoms with Crippen molar-refractivity contribution in [1.82, 2.24) is 0 Å². The average Bonchev–Trinajstić information content (AvgIpc) is 2.82. The molecule has 2 unspecified atom stereocenters. The van der Waals surface area contributed by atoms with Crippen molar-refractivity contribution in [1.29, 1.82) is 0 Å². The first-order chi connectivity index (χ1) is 16.2. The van der Waals surface area contributed by atoms with Gasteiger partial charge in [0.25, 0.3) is 0 Å². The van der Waals surface area contributed by atoms with Crippen molar-refractivity contribution >= 4 is 11.8 Å². The lowest BCUT2D eigenvalue weighted by molar-refractivity contribution is 0.468. The van der Waals surface area contributed by atoms with Crippen molar-refractivity contribution in [2.24, 2.45) is 5.73 Å². The number of aromatic hydroxyl groups is 1. The molecule has 0 aromatic heterocycles. The fraction of sp³-hybridized carbons (Fsp3) is 0.355. The third-order valence-corrected chi connectivity index (χ3v) is 7.28. The minimum Gasteiger partial charge on any atom is -0.505 e. The zero-order valence-corrected chi connectivity index (χ0v) is 21.7. The normalized spacial score (nSPS) is 12.9. The first-order valence-corrected chi connectivity index (χ1v) is 12.3. The van der Waals surface area contributed by atoms with Gasteiger partial charge >= 0.3 is 0 Å². The Kier molecular flexibility index (Phi) is 8.22. The Morgan fingerprint density at radius 2 is 1.74 bits per heavy atom. The molecular weight excluding hydrogens is 416 g/mol.